The van der Waals surface area contributed by atoms with Gasteiger partial charge in [0.1, 0.15) is 21.4 Å². The van der Waals surface area contributed by atoms with Crippen molar-refractivity contribution in [3.8, 4) is 28.1 Å². The fraction of sp³-hybridized carbons (Fsp3) is 0.0476. The normalized spacial score (nSPS) is 10.5. The first-order chi connectivity index (χ1) is 13.7. The molecule has 0 bridgehead atoms. The quantitative estimate of drug-likeness (QED) is 0.356. The number of thiazole rings is 1. The first-order valence-corrected chi connectivity index (χ1v) is 9.30. The molecule has 0 unspecified atom stereocenters. The van der Waals surface area contributed by atoms with Gasteiger partial charge < -0.3 is 9.47 Å². The Balaban J connectivity index is 1.46. The summed E-state index contributed by atoms with van der Waals surface area (Å²) < 4.78 is 11.1. The second-order valence-corrected chi connectivity index (χ2v) is 6.78. The SMILES string of the molecule is Cc1nc(-c2ccccn2)sc1C(=O)Oc1ccc(Oc2ccccn2)cc1. The van der Waals surface area contributed by atoms with Crippen LogP contribution in [0.2, 0.25) is 0 Å². The van der Waals surface area contributed by atoms with Gasteiger partial charge in [-0.05, 0) is 49.4 Å². The number of hydrogen-bond acceptors (Lipinski definition) is 7. The first kappa shape index (κ1) is 17.8. The van der Waals surface area contributed by atoms with Crippen LogP contribution in [0, 0.1) is 6.92 Å². The molecule has 3 heterocycles. The van der Waals surface area contributed by atoms with Gasteiger partial charge in [-0.25, -0.2) is 14.8 Å². The highest BCUT2D eigenvalue weighted by Crippen LogP contribution is 2.28. The van der Waals surface area contributed by atoms with Gasteiger partial charge in [0.25, 0.3) is 0 Å². The van der Waals surface area contributed by atoms with E-state index in [2.05, 4.69) is 15.0 Å². The molecule has 7 heteroatoms. The predicted molar refractivity (Wildman–Crippen MR) is 106 cm³/mol. The Hall–Kier alpha value is -3.58. The van der Waals surface area contributed by atoms with Crippen molar-refractivity contribution >= 4 is 17.3 Å². The van der Waals surface area contributed by atoms with Gasteiger partial charge in [-0.3, -0.25) is 4.98 Å². The Bertz CT molecular complexity index is 1080. The summed E-state index contributed by atoms with van der Waals surface area (Å²) in [5.74, 6) is 1.07. The Morgan fingerprint density at radius 3 is 2.29 bits per heavy atom. The zero-order valence-electron chi connectivity index (χ0n) is 14.9. The number of aryl methyl sites for hydroxylation is 1. The molecule has 3 aromatic heterocycles. The third-order valence-electron chi connectivity index (χ3n) is 3.76. The summed E-state index contributed by atoms with van der Waals surface area (Å²) in [6.45, 7) is 1.78. The van der Waals surface area contributed by atoms with Crippen LogP contribution in [-0.2, 0) is 0 Å². The summed E-state index contributed by atoms with van der Waals surface area (Å²) >= 11 is 1.26. The van der Waals surface area contributed by atoms with E-state index in [1.54, 1.807) is 49.6 Å². The van der Waals surface area contributed by atoms with Crippen LogP contribution in [0.3, 0.4) is 0 Å². The van der Waals surface area contributed by atoms with Crippen molar-refractivity contribution in [2.75, 3.05) is 0 Å². The van der Waals surface area contributed by atoms with Crippen LogP contribution in [-0.4, -0.2) is 20.9 Å². The van der Waals surface area contributed by atoms with Gasteiger partial charge in [-0.1, -0.05) is 12.1 Å². The number of carbonyl (C=O) groups excluding carboxylic acids is 1. The van der Waals surface area contributed by atoms with Crippen LogP contribution < -0.4 is 9.47 Å². The molecule has 4 rings (SSSR count). The van der Waals surface area contributed by atoms with Gasteiger partial charge in [0.15, 0.2) is 0 Å². The minimum Gasteiger partial charge on any atom is -0.439 e. The highest BCUT2D eigenvalue weighted by molar-refractivity contribution is 7.17. The minimum absolute atomic E-state index is 0.422. The fourth-order valence-corrected chi connectivity index (χ4v) is 3.36. The number of rotatable bonds is 5. The van der Waals surface area contributed by atoms with Gasteiger partial charge in [-0.15, -0.1) is 11.3 Å². The van der Waals surface area contributed by atoms with E-state index in [9.17, 15) is 4.79 Å². The van der Waals surface area contributed by atoms with Crippen LogP contribution >= 0.6 is 11.3 Å². The molecule has 0 N–H and O–H groups in total. The minimum atomic E-state index is -0.449. The van der Waals surface area contributed by atoms with Crippen molar-refractivity contribution in [2.24, 2.45) is 0 Å². The molecule has 0 saturated carbocycles. The molecule has 0 radical (unpaired) electrons. The number of carbonyl (C=O) groups is 1. The zero-order valence-corrected chi connectivity index (χ0v) is 15.7. The summed E-state index contributed by atoms with van der Waals surface area (Å²) in [5, 5.41) is 0.684. The molecule has 0 atom stereocenters. The molecule has 0 aliphatic heterocycles. The van der Waals surface area contributed by atoms with Gasteiger partial charge in [0.2, 0.25) is 5.88 Å². The molecular weight excluding hydrogens is 374 g/mol. The molecule has 0 spiro atoms. The Labute approximate surface area is 165 Å². The van der Waals surface area contributed by atoms with Gasteiger partial charge in [0.05, 0.1) is 11.4 Å². The third-order valence-corrected chi connectivity index (χ3v) is 4.92. The summed E-state index contributed by atoms with van der Waals surface area (Å²) in [4.78, 5) is 25.8. The summed E-state index contributed by atoms with van der Waals surface area (Å²) in [5.41, 5.74) is 1.34. The number of ether oxygens (including phenoxy) is 2. The molecule has 0 fully saturated rings. The van der Waals surface area contributed by atoms with Crippen molar-refractivity contribution in [3.63, 3.8) is 0 Å². The molecule has 0 saturated heterocycles. The maximum absolute atomic E-state index is 12.5. The van der Waals surface area contributed by atoms with Gasteiger partial charge in [0, 0.05) is 18.5 Å². The lowest BCUT2D eigenvalue weighted by Crippen LogP contribution is -2.07. The average molecular weight is 389 g/mol. The lowest BCUT2D eigenvalue weighted by molar-refractivity contribution is 0.0738. The number of pyridine rings is 2. The van der Waals surface area contributed by atoms with E-state index in [0.717, 1.165) is 5.69 Å². The van der Waals surface area contributed by atoms with Crippen LogP contribution in [0.5, 0.6) is 17.4 Å². The number of esters is 1. The largest absolute Gasteiger partial charge is 0.439 e. The highest BCUT2D eigenvalue weighted by Gasteiger charge is 2.18. The molecule has 6 nitrogen and oxygen atoms in total. The molecule has 138 valence electrons. The van der Waals surface area contributed by atoms with Crippen LogP contribution in [0.4, 0.5) is 0 Å². The average Bonchev–Trinajstić information content (AvgIpc) is 3.13. The molecule has 0 amide bonds. The van der Waals surface area contributed by atoms with E-state index >= 15 is 0 Å². The number of nitrogens with zero attached hydrogens (tertiary/aromatic N) is 3. The van der Waals surface area contributed by atoms with E-state index in [4.69, 9.17) is 9.47 Å². The summed E-state index contributed by atoms with van der Waals surface area (Å²) in [6.07, 6.45) is 3.35. The fourth-order valence-electron chi connectivity index (χ4n) is 2.44. The second-order valence-electron chi connectivity index (χ2n) is 5.78. The lowest BCUT2D eigenvalue weighted by atomic mass is 10.3. The van der Waals surface area contributed by atoms with E-state index < -0.39 is 5.97 Å². The van der Waals surface area contributed by atoms with Crippen molar-refractivity contribution in [2.45, 2.75) is 6.92 Å². The third kappa shape index (κ3) is 4.05. The van der Waals surface area contributed by atoms with Crippen molar-refractivity contribution in [1.82, 2.24) is 15.0 Å². The Morgan fingerprint density at radius 1 is 0.893 bits per heavy atom. The highest BCUT2D eigenvalue weighted by atomic mass is 32.1. The number of benzene rings is 1. The molecule has 0 aliphatic carbocycles. The Kier molecular flexibility index (Phi) is 5.07. The number of hydrogen-bond donors (Lipinski definition) is 0. The zero-order chi connectivity index (χ0) is 19.3. The molecule has 1 aromatic carbocycles. The summed E-state index contributed by atoms with van der Waals surface area (Å²) in [6, 6.07) is 17.8. The predicted octanol–water partition coefficient (Wildman–Crippen LogP) is 4.92. The summed E-state index contributed by atoms with van der Waals surface area (Å²) in [7, 11) is 0. The van der Waals surface area contributed by atoms with E-state index in [-0.39, 0.29) is 0 Å². The van der Waals surface area contributed by atoms with Crippen molar-refractivity contribution in [1.29, 1.82) is 0 Å². The second kappa shape index (κ2) is 7.98. The van der Waals surface area contributed by atoms with Gasteiger partial charge >= 0.3 is 5.97 Å². The molecule has 28 heavy (non-hydrogen) atoms. The van der Waals surface area contributed by atoms with Crippen LogP contribution in [0.1, 0.15) is 15.4 Å². The maximum Gasteiger partial charge on any atom is 0.355 e. The van der Waals surface area contributed by atoms with Crippen LogP contribution in [0.15, 0.2) is 73.1 Å². The molecule has 4 aromatic rings. The van der Waals surface area contributed by atoms with Gasteiger partial charge in [-0.2, -0.15) is 0 Å². The van der Waals surface area contributed by atoms with Crippen molar-refractivity contribution in [3.05, 3.63) is 83.6 Å². The first-order valence-electron chi connectivity index (χ1n) is 8.49. The molecule has 0 aliphatic rings. The topological polar surface area (TPSA) is 74.2 Å². The maximum atomic E-state index is 12.5. The van der Waals surface area contributed by atoms with Crippen molar-refractivity contribution < 1.29 is 14.3 Å². The standard InChI is InChI=1S/C21H15N3O3S/c1-14-19(28-20(24-14)17-6-2-4-12-22-17)21(25)27-16-10-8-15(9-11-16)26-18-7-3-5-13-23-18/h2-13H,1H3. The monoisotopic (exact) mass is 389 g/mol. The molecular formula is C21H15N3O3S. The smallest absolute Gasteiger partial charge is 0.355 e. The Morgan fingerprint density at radius 2 is 1.61 bits per heavy atom. The van der Waals surface area contributed by atoms with E-state index in [1.807, 2.05) is 30.3 Å². The lowest BCUT2D eigenvalue weighted by Gasteiger charge is -2.06. The number of aromatic nitrogens is 3. The van der Waals surface area contributed by atoms with Crippen LogP contribution in [0.25, 0.3) is 10.7 Å². The van der Waals surface area contributed by atoms with E-state index in [0.29, 0.717) is 33.0 Å². The van der Waals surface area contributed by atoms with E-state index in [1.165, 1.54) is 11.3 Å².